The number of pyridine rings is 1. The van der Waals surface area contributed by atoms with E-state index in [2.05, 4.69) is 4.98 Å². The Kier molecular flexibility index (Phi) is 5.50. The third-order valence-corrected chi connectivity index (χ3v) is 4.37. The first-order chi connectivity index (χ1) is 14.4. The van der Waals surface area contributed by atoms with Crippen LogP contribution in [0.15, 0.2) is 48.4 Å². The molecule has 0 fully saturated rings. The van der Waals surface area contributed by atoms with Crippen LogP contribution >= 0.6 is 0 Å². The average molecular weight is 439 g/mol. The number of carbonyl (C=O) groups is 1. The fourth-order valence-corrected chi connectivity index (χ4v) is 3.02. The van der Waals surface area contributed by atoms with Crippen LogP contribution in [0.25, 0.3) is 17.0 Å². The van der Waals surface area contributed by atoms with Crippen LogP contribution < -0.4 is 0 Å². The Hall–Kier alpha value is -3.81. The van der Waals surface area contributed by atoms with E-state index in [1.54, 1.807) is 0 Å². The van der Waals surface area contributed by atoms with E-state index in [4.69, 9.17) is 10.4 Å². The maximum absolute atomic E-state index is 13.1. The van der Waals surface area contributed by atoms with Crippen molar-refractivity contribution in [1.29, 1.82) is 5.26 Å². The summed E-state index contributed by atoms with van der Waals surface area (Å²) in [4.78, 5) is 15.0. The molecule has 0 spiro atoms. The van der Waals surface area contributed by atoms with Gasteiger partial charge >= 0.3 is 18.3 Å². The van der Waals surface area contributed by atoms with Gasteiger partial charge in [-0.1, -0.05) is 0 Å². The van der Waals surface area contributed by atoms with Crippen LogP contribution in [0, 0.1) is 11.3 Å². The molecule has 0 unspecified atom stereocenters. The van der Waals surface area contributed by atoms with E-state index in [-0.39, 0.29) is 23.7 Å². The van der Waals surface area contributed by atoms with Gasteiger partial charge in [0, 0.05) is 29.9 Å². The highest BCUT2D eigenvalue weighted by molar-refractivity contribution is 6.00. The molecule has 5 nitrogen and oxygen atoms in total. The molecule has 0 aliphatic carbocycles. The molecule has 0 amide bonds. The SMILES string of the molecule is N#C/C(=C\c1cn(Cc2cc(C(F)(F)F)cc(C(F)(F)F)c2)c2cnccc12)C(=O)O. The minimum atomic E-state index is -4.98. The van der Waals surface area contributed by atoms with Gasteiger partial charge in [0.25, 0.3) is 0 Å². The number of halogens is 6. The summed E-state index contributed by atoms with van der Waals surface area (Å²) >= 11 is 0. The van der Waals surface area contributed by atoms with Crippen LogP contribution in [0.1, 0.15) is 22.3 Å². The van der Waals surface area contributed by atoms with E-state index in [1.807, 2.05) is 0 Å². The Bertz CT molecular complexity index is 1200. The Labute approximate surface area is 170 Å². The zero-order valence-electron chi connectivity index (χ0n) is 15.3. The molecular weight excluding hydrogens is 428 g/mol. The number of aromatic nitrogens is 2. The van der Waals surface area contributed by atoms with Gasteiger partial charge in [0.1, 0.15) is 11.6 Å². The highest BCUT2D eigenvalue weighted by Crippen LogP contribution is 2.36. The van der Waals surface area contributed by atoms with Crippen molar-refractivity contribution < 1.29 is 36.2 Å². The number of carboxylic acids is 1. The molecule has 0 radical (unpaired) electrons. The Balaban J connectivity index is 2.15. The van der Waals surface area contributed by atoms with Gasteiger partial charge in [-0.25, -0.2) is 4.79 Å². The standard InChI is InChI=1S/C20H11F6N3O2/c21-19(22,23)14-3-11(4-15(6-14)20(24,25)26)9-29-10-13(5-12(7-27)18(30)31)16-1-2-28-8-17(16)29/h1-6,8,10H,9H2,(H,30,31)/b12-5+. The summed E-state index contributed by atoms with van der Waals surface area (Å²) < 4.78 is 80.0. The van der Waals surface area contributed by atoms with Crippen molar-refractivity contribution in [2.24, 2.45) is 0 Å². The van der Waals surface area contributed by atoms with Crippen LogP contribution in [0.4, 0.5) is 26.3 Å². The van der Waals surface area contributed by atoms with Crippen molar-refractivity contribution in [1.82, 2.24) is 9.55 Å². The molecule has 2 heterocycles. The lowest BCUT2D eigenvalue weighted by atomic mass is 10.0. The fourth-order valence-electron chi connectivity index (χ4n) is 3.02. The van der Waals surface area contributed by atoms with Crippen LogP contribution in [-0.4, -0.2) is 20.6 Å². The molecule has 11 heteroatoms. The van der Waals surface area contributed by atoms with Crippen molar-refractivity contribution in [2.45, 2.75) is 18.9 Å². The molecule has 1 aromatic carbocycles. The van der Waals surface area contributed by atoms with Gasteiger partial charge in [0.15, 0.2) is 0 Å². The second kappa shape index (κ2) is 7.79. The second-order valence-electron chi connectivity index (χ2n) is 6.49. The van der Waals surface area contributed by atoms with E-state index in [0.29, 0.717) is 23.0 Å². The molecule has 31 heavy (non-hydrogen) atoms. The van der Waals surface area contributed by atoms with E-state index < -0.39 is 35.0 Å². The highest BCUT2D eigenvalue weighted by atomic mass is 19.4. The molecular formula is C20H11F6N3O2. The van der Waals surface area contributed by atoms with Crippen molar-refractivity contribution in [3.63, 3.8) is 0 Å². The molecule has 0 aliphatic heterocycles. The summed E-state index contributed by atoms with van der Waals surface area (Å²) in [6.07, 6.45) is -4.85. The third kappa shape index (κ3) is 4.69. The van der Waals surface area contributed by atoms with Gasteiger partial charge in [0.05, 0.1) is 22.8 Å². The Morgan fingerprint density at radius 1 is 1.13 bits per heavy atom. The third-order valence-electron chi connectivity index (χ3n) is 4.37. The van der Waals surface area contributed by atoms with Gasteiger partial charge in [-0.05, 0) is 35.9 Å². The normalized spacial score (nSPS) is 12.7. The summed E-state index contributed by atoms with van der Waals surface area (Å²) in [5.41, 5.74) is -3.15. The largest absolute Gasteiger partial charge is 0.477 e. The minimum absolute atomic E-state index is 0.0407. The highest BCUT2D eigenvalue weighted by Gasteiger charge is 2.36. The lowest BCUT2D eigenvalue weighted by Crippen LogP contribution is -2.12. The molecule has 0 aliphatic rings. The van der Waals surface area contributed by atoms with Gasteiger partial charge in [0.2, 0.25) is 0 Å². The first-order valence-corrected chi connectivity index (χ1v) is 8.46. The molecule has 3 aromatic rings. The zero-order valence-corrected chi connectivity index (χ0v) is 15.3. The number of hydrogen-bond donors (Lipinski definition) is 1. The van der Waals surface area contributed by atoms with E-state index in [1.165, 1.54) is 35.3 Å². The van der Waals surface area contributed by atoms with Gasteiger partial charge in [-0.2, -0.15) is 31.6 Å². The second-order valence-corrected chi connectivity index (χ2v) is 6.49. The van der Waals surface area contributed by atoms with E-state index in [0.717, 1.165) is 6.08 Å². The minimum Gasteiger partial charge on any atom is -0.477 e. The quantitative estimate of drug-likeness (QED) is 0.348. The van der Waals surface area contributed by atoms with Crippen LogP contribution in [0.3, 0.4) is 0 Å². The molecule has 0 saturated heterocycles. The van der Waals surface area contributed by atoms with Crippen molar-refractivity contribution in [3.8, 4) is 6.07 Å². The summed E-state index contributed by atoms with van der Waals surface area (Å²) in [6.45, 7) is -0.377. The predicted octanol–water partition coefficient (Wildman–Crippen LogP) is 5.11. The number of nitriles is 1. The number of hydrogen-bond acceptors (Lipinski definition) is 3. The predicted molar refractivity (Wildman–Crippen MR) is 96.5 cm³/mol. The summed E-state index contributed by atoms with van der Waals surface area (Å²) in [5, 5.41) is 18.4. The maximum atomic E-state index is 13.1. The van der Waals surface area contributed by atoms with Crippen LogP contribution in [0.2, 0.25) is 0 Å². The number of rotatable bonds is 4. The van der Waals surface area contributed by atoms with E-state index >= 15 is 0 Å². The van der Waals surface area contributed by atoms with Crippen LogP contribution in [0.5, 0.6) is 0 Å². The molecule has 0 bridgehead atoms. The Morgan fingerprint density at radius 3 is 2.26 bits per heavy atom. The molecule has 3 rings (SSSR count). The van der Waals surface area contributed by atoms with Crippen molar-refractivity contribution >= 4 is 22.9 Å². The number of aliphatic carboxylic acids is 1. The molecule has 0 atom stereocenters. The number of carboxylic acid groups (broad SMARTS) is 1. The van der Waals surface area contributed by atoms with Crippen LogP contribution in [-0.2, 0) is 23.7 Å². The number of nitrogens with zero attached hydrogens (tertiary/aromatic N) is 3. The summed E-state index contributed by atoms with van der Waals surface area (Å²) in [7, 11) is 0. The first-order valence-electron chi connectivity index (χ1n) is 8.46. The average Bonchev–Trinajstić information content (AvgIpc) is 3.01. The Morgan fingerprint density at radius 2 is 1.74 bits per heavy atom. The topological polar surface area (TPSA) is 78.9 Å². The lowest BCUT2D eigenvalue weighted by molar-refractivity contribution is -0.143. The number of benzene rings is 1. The van der Waals surface area contributed by atoms with Crippen molar-refractivity contribution in [3.05, 3.63) is 70.7 Å². The molecule has 0 saturated carbocycles. The van der Waals surface area contributed by atoms with Crippen molar-refractivity contribution in [2.75, 3.05) is 0 Å². The fraction of sp³-hybridized carbons (Fsp3) is 0.150. The zero-order chi connectivity index (χ0) is 23.0. The lowest BCUT2D eigenvalue weighted by Gasteiger charge is -2.15. The molecule has 1 N–H and O–H groups in total. The number of alkyl halides is 6. The monoisotopic (exact) mass is 439 g/mol. The summed E-state index contributed by atoms with van der Waals surface area (Å²) in [6, 6.07) is 4.27. The maximum Gasteiger partial charge on any atom is 0.416 e. The van der Waals surface area contributed by atoms with E-state index in [9.17, 15) is 31.1 Å². The summed E-state index contributed by atoms with van der Waals surface area (Å²) in [5.74, 6) is -1.48. The van der Waals surface area contributed by atoms with Gasteiger partial charge in [-0.15, -0.1) is 0 Å². The first kappa shape index (κ1) is 21.9. The molecule has 160 valence electrons. The van der Waals surface area contributed by atoms with Gasteiger partial charge < -0.3 is 9.67 Å². The molecule has 2 aromatic heterocycles. The smallest absolute Gasteiger partial charge is 0.416 e. The van der Waals surface area contributed by atoms with Gasteiger partial charge in [-0.3, -0.25) is 4.98 Å². The number of fused-ring (bicyclic) bond motifs is 1.